The molecule has 1 aliphatic rings. The van der Waals surface area contributed by atoms with Crippen LogP contribution in [0.25, 0.3) is 0 Å². The monoisotopic (exact) mass is 209 g/mol. The summed E-state index contributed by atoms with van der Waals surface area (Å²) < 4.78 is 35.4. The van der Waals surface area contributed by atoms with E-state index in [4.69, 9.17) is 0 Å². The number of carbonyl (C=O) groups is 1. The fourth-order valence-corrected chi connectivity index (χ4v) is 1.53. The minimum Gasteiger partial charge on any atom is -0.302 e. The van der Waals surface area contributed by atoms with Gasteiger partial charge >= 0.3 is 6.18 Å². The maximum atomic E-state index is 11.8. The van der Waals surface area contributed by atoms with Crippen LogP contribution < -0.4 is 0 Å². The lowest BCUT2D eigenvalue weighted by atomic mass is 10.1. The summed E-state index contributed by atoms with van der Waals surface area (Å²) in [4.78, 5) is 12.8. The van der Waals surface area contributed by atoms with Gasteiger partial charge in [-0.25, -0.2) is 0 Å². The van der Waals surface area contributed by atoms with Crippen molar-refractivity contribution >= 4 is 5.78 Å². The molecule has 5 heteroatoms. The van der Waals surface area contributed by atoms with Crippen LogP contribution in [0.5, 0.6) is 0 Å². The summed E-state index contributed by atoms with van der Waals surface area (Å²) in [5, 5.41) is 0. The molecule has 0 amide bonds. The molecule has 0 aromatic heterocycles. The average molecular weight is 209 g/mol. The second-order valence-electron chi connectivity index (χ2n) is 3.60. The van der Waals surface area contributed by atoms with Gasteiger partial charge in [-0.2, -0.15) is 13.2 Å². The Labute approximate surface area is 81.1 Å². The highest BCUT2D eigenvalue weighted by Gasteiger charge is 2.26. The van der Waals surface area contributed by atoms with Gasteiger partial charge in [-0.3, -0.25) is 4.79 Å². The van der Waals surface area contributed by atoms with Crippen LogP contribution >= 0.6 is 0 Å². The first kappa shape index (κ1) is 11.5. The van der Waals surface area contributed by atoms with E-state index >= 15 is 0 Å². The van der Waals surface area contributed by atoms with Gasteiger partial charge < -0.3 is 4.90 Å². The molecule has 1 saturated heterocycles. The van der Waals surface area contributed by atoms with Gasteiger partial charge in [-0.05, 0) is 13.0 Å². The average Bonchev–Trinajstić information content (AvgIpc) is 2.06. The van der Waals surface area contributed by atoms with Crippen LogP contribution in [0.3, 0.4) is 0 Å². The third-order valence-electron chi connectivity index (χ3n) is 2.35. The van der Waals surface area contributed by atoms with E-state index in [2.05, 4.69) is 0 Å². The Morgan fingerprint density at radius 3 is 2.29 bits per heavy atom. The number of Topliss-reactive ketones (excluding diaryl/α,β-unsaturated/α-hetero) is 1. The van der Waals surface area contributed by atoms with Gasteiger partial charge in [0.25, 0.3) is 0 Å². The summed E-state index contributed by atoms with van der Waals surface area (Å²) in [7, 11) is 0. The van der Waals surface area contributed by atoms with Crippen molar-refractivity contribution in [1.82, 2.24) is 4.90 Å². The fourth-order valence-electron chi connectivity index (χ4n) is 1.53. The Balaban J connectivity index is 2.10. The van der Waals surface area contributed by atoms with Crippen LogP contribution in [0.1, 0.15) is 25.7 Å². The van der Waals surface area contributed by atoms with Crippen LogP contribution in [-0.2, 0) is 4.79 Å². The molecule has 1 rings (SSSR count). The molecule has 1 fully saturated rings. The van der Waals surface area contributed by atoms with E-state index in [0.717, 1.165) is 0 Å². The van der Waals surface area contributed by atoms with Crippen LogP contribution in [0.4, 0.5) is 13.2 Å². The summed E-state index contributed by atoms with van der Waals surface area (Å²) in [5.41, 5.74) is 0. The predicted molar refractivity (Wildman–Crippen MR) is 46.0 cm³/mol. The Morgan fingerprint density at radius 2 is 1.79 bits per heavy atom. The first-order chi connectivity index (χ1) is 6.47. The molecule has 2 nitrogen and oxygen atoms in total. The normalized spacial score (nSPS) is 20.1. The molecule has 0 radical (unpaired) electrons. The number of likely N-dealkylation sites (tertiary alicyclic amines) is 1. The first-order valence-electron chi connectivity index (χ1n) is 4.78. The highest BCUT2D eigenvalue weighted by Crippen LogP contribution is 2.21. The predicted octanol–water partition coefficient (Wildman–Crippen LogP) is 1.99. The summed E-state index contributed by atoms with van der Waals surface area (Å²) >= 11 is 0. The molecule has 0 N–H and O–H groups in total. The Morgan fingerprint density at radius 1 is 1.21 bits per heavy atom. The molecule has 0 aromatic rings. The zero-order chi connectivity index (χ0) is 10.6. The van der Waals surface area contributed by atoms with E-state index in [1.165, 1.54) is 0 Å². The molecule has 0 atom stereocenters. The van der Waals surface area contributed by atoms with Crippen molar-refractivity contribution in [3.63, 3.8) is 0 Å². The van der Waals surface area contributed by atoms with Crippen LogP contribution in [-0.4, -0.2) is 36.5 Å². The quantitative estimate of drug-likeness (QED) is 0.708. The van der Waals surface area contributed by atoms with E-state index in [0.29, 0.717) is 32.5 Å². The van der Waals surface area contributed by atoms with Crippen molar-refractivity contribution in [2.75, 3.05) is 19.6 Å². The number of piperidine rings is 1. The number of hydrogen-bond acceptors (Lipinski definition) is 2. The largest absolute Gasteiger partial charge is 0.389 e. The van der Waals surface area contributed by atoms with Crippen molar-refractivity contribution in [1.29, 1.82) is 0 Å². The number of nitrogens with zero attached hydrogens (tertiary/aromatic N) is 1. The van der Waals surface area contributed by atoms with E-state index < -0.39 is 12.6 Å². The highest BCUT2D eigenvalue weighted by molar-refractivity contribution is 5.79. The topological polar surface area (TPSA) is 20.3 Å². The maximum Gasteiger partial charge on any atom is 0.389 e. The minimum atomic E-state index is -4.05. The second-order valence-corrected chi connectivity index (χ2v) is 3.60. The fraction of sp³-hybridized carbons (Fsp3) is 0.889. The van der Waals surface area contributed by atoms with Gasteiger partial charge in [0.15, 0.2) is 0 Å². The maximum absolute atomic E-state index is 11.8. The molecular formula is C9H14F3NO. The molecule has 1 aliphatic heterocycles. The lowest BCUT2D eigenvalue weighted by molar-refractivity contribution is -0.136. The van der Waals surface area contributed by atoms with Crippen LogP contribution in [0, 0.1) is 0 Å². The van der Waals surface area contributed by atoms with E-state index in [-0.39, 0.29) is 12.2 Å². The molecule has 0 spiro atoms. The SMILES string of the molecule is O=C1CCN(CCCC(F)(F)F)CC1. The molecule has 0 aromatic carbocycles. The Kier molecular flexibility index (Phi) is 3.92. The standard InChI is InChI=1S/C9H14F3NO/c10-9(11,12)4-1-5-13-6-2-8(14)3-7-13/h1-7H2. The zero-order valence-corrected chi connectivity index (χ0v) is 7.94. The molecule has 0 unspecified atom stereocenters. The molecule has 0 aliphatic carbocycles. The van der Waals surface area contributed by atoms with E-state index in [9.17, 15) is 18.0 Å². The molecule has 14 heavy (non-hydrogen) atoms. The lowest BCUT2D eigenvalue weighted by Gasteiger charge is -2.25. The molecular weight excluding hydrogens is 195 g/mol. The third kappa shape index (κ3) is 4.60. The van der Waals surface area contributed by atoms with Gasteiger partial charge in [0.2, 0.25) is 0 Å². The van der Waals surface area contributed by atoms with Crippen molar-refractivity contribution in [3.05, 3.63) is 0 Å². The highest BCUT2D eigenvalue weighted by atomic mass is 19.4. The summed E-state index contributed by atoms with van der Waals surface area (Å²) in [6.07, 6.45) is -3.65. The molecule has 1 heterocycles. The summed E-state index contributed by atoms with van der Waals surface area (Å²) in [5.74, 6) is 0.220. The van der Waals surface area contributed by atoms with Crippen LogP contribution in [0.15, 0.2) is 0 Å². The number of alkyl halides is 3. The van der Waals surface area contributed by atoms with Crippen molar-refractivity contribution in [3.8, 4) is 0 Å². The molecule has 82 valence electrons. The number of halogens is 3. The lowest BCUT2D eigenvalue weighted by Crippen LogP contribution is -2.34. The number of hydrogen-bond donors (Lipinski definition) is 0. The number of rotatable bonds is 3. The van der Waals surface area contributed by atoms with Gasteiger partial charge in [0, 0.05) is 32.4 Å². The Hall–Kier alpha value is -0.580. The molecule has 0 bridgehead atoms. The van der Waals surface area contributed by atoms with Crippen molar-refractivity contribution in [2.45, 2.75) is 31.9 Å². The summed E-state index contributed by atoms with van der Waals surface area (Å²) in [6, 6.07) is 0. The van der Waals surface area contributed by atoms with E-state index in [1.807, 2.05) is 4.90 Å². The third-order valence-corrected chi connectivity index (χ3v) is 2.35. The first-order valence-corrected chi connectivity index (χ1v) is 4.78. The van der Waals surface area contributed by atoms with Crippen LogP contribution in [0.2, 0.25) is 0 Å². The number of ketones is 1. The van der Waals surface area contributed by atoms with Gasteiger partial charge in [-0.1, -0.05) is 0 Å². The smallest absolute Gasteiger partial charge is 0.302 e. The van der Waals surface area contributed by atoms with Gasteiger partial charge in [0.1, 0.15) is 5.78 Å². The van der Waals surface area contributed by atoms with E-state index in [1.54, 1.807) is 0 Å². The van der Waals surface area contributed by atoms with Gasteiger partial charge in [0.05, 0.1) is 0 Å². The molecule has 0 saturated carbocycles. The number of carbonyl (C=O) groups excluding carboxylic acids is 1. The zero-order valence-electron chi connectivity index (χ0n) is 7.94. The minimum absolute atomic E-state index is 0.137. The van der Waals surface area contributed by atoms with Crippen molar-refractivity contribution < 1.29 is 18.0 Å². The Bertz CT molecular complexity index is 193. The van der Waals surface area contributed by atoms with Crippen molar-refractivity contribution in [2.24, 2.45) is 0 Å². The second kappa shape index (κ2) is 4.77. The summed E-state index contributed by atoms with van der Waals surface area (Å²) in [6.45, 7) is 1.69. The van der Waals surface area contributed by atoms with Gasteiger partial charge in [-0.15, -0.1) is 0 Å².